The number of carbonyl (C=O) groups excluding carboxylic acids is 1. The van der Waals surface area contributed by atoms with Crippen LogP contribution in [0.5, 0.6) is 0 Å². The normalized spacial score (nSPS) is 24.5. The van der Waals surface area contributed by atoms with Crippen molar-refractivity contribution in [1.29, 1.82) is 0 Å². The van der Waals surface area contributed by atoms with Crippen LogP contribution in [0.15, 0.2) is 0 Å². The fourth-order valence-corrected chi connectivity index (χ4v) is 2.41. The van der Waals surface area contributed by atoms with Crippen molar-refractivity contribution in [3.8, 4) is 0 Å². The molecule has 106 valence electrons. The summed E-state index contributed by atoms with van der Waals surface area (Å²) in [6.07, 6.45) is 4.24. The number of aliphatic hydroxyl groups excluding tert-OH is 1. The lowest BCUT2D eigenvalue weighted by molar-refractivity contribution is 0.190. The van der Waals surface area contributed by atoms with E-state index in [2.05, 4.69) is 38.3 Å². The standard InChI is InChI=1S/C14H28N2O2/c1-5-6-10-7-12(10)16-13(18)15-11(9-17)8-14(2,3)4/h10-12,17H,5-9H2,1-4H3,(H2,15,16,18). The largest absolute Gasteiger partial charge is 0.394 e. The summed E-state index contributed by atoms with van der Waals surface area (Å²) < 4.78 is 0. The van der Waals surface area contributed by atoms with Gasteiger partial charge in [-0.05, 0) is 30.6 Å². The first-order valence-corrected chi connectivity index (χ1v) is 7.03. The molecule has 3 N–H and O–H groups in total. The molecule has 1 fully saturated rings. The summed E-state index contributed by atoms with van der Waals surface area (Å²) in [6, 6.07) is 0.0502. The van der Waals surface area contributed by atoms with Crippen LogP contribution in [0.4, 0.5) is 4.79 Å². The third-order valence-electron chi connectivity index (χ3n) is 3.31. The topological polar surface area (TPSA) is 61.4 Å². The Bertz CT molecular complexity index is 273. The van der Waals surface area contributed by atoms with Gasteiger partial charge in [0.25, 0.3) is 0 Å². The van der Waals surface area contributed by atoms with Gasteiger partial charge in [-0.15, -0.1) is 0 Å². The average molecular weight is 256 g/mol. The van der Waals surface area contributed by atoms with Crippen molar-refractivity contribution in [3.05, 3.63) is 0 Å². The molecule has 0 aromatic heterocycles. The zero-order valence-electron chi connectivity index (χ0n) is 12.1. The van der Waals surface area contributed by atoms with Crippen LogP contribution >= 0.6 is 0 Å². The second-order valence-corrected chi connectivity index (χ2v) is 6.65. The van der Waals surface area contributed by atoms with E-state index >= 15 is 0 Å². The SMILES string of the molecule is CCCC1CC1NC(=O)NC(CO)CC(C)(C)C. The molecule has 4 nitrogen and oxygen atoms in total. The summed E-state index contributed by atoms with van der Waals surface area (Å²) in [5.74, 6) is 0.663. The van der Waals surface area contributed by atoms with E-state index in [-0.39, 0.29) is 24.1 Å². The minimum atomic E-state index is -0.159. The maximum absolute atomic E-state index is 11.8. The molecule has 1 rings (SSSR count). The van der Waals surface area contributed by atoms with Crippen LogP contribution in [0, 0.1) is 11.3 Å². The molecule has 0 aliphatic heterocycles. The summed E-state index contributed by atoms with van der Waals surface area (Å²) >= 11 is 0. The monoisotopic (exact) mass is 256 g/mol. The van der Waals surface area contributed by atoms with Gasteiger partial charge >= 0.3 is 6.03 Å². The van der Waals surface area contributed by atoms with Crippen molar-refractivity contribution < 1.29 is 9.90 Å². The van der Waals surface area contributed by atoms with E-state index in [1.165, 1.54) is 12.8 Å². The second kappa shape index (κ2) is 6.41. The van der Waals surface area contributed by atoms with Crippen LogP contribution in [-0.2, 0) is 0 Å². The molecule has 3 atom stereocenters. The minimum absolute atomic E-state index is 0.00621. The Morgan fingerprint density at radius 1 is 1.44 bits per heavy atom. The molecule has 0 spiro atoms. The lowest BCUT2D eigenvalue weighted by Gasteiger charge is -2.25. The zero-order valence-corrected chi connectivity index (χ0v) is 12.1. The molecular formula is C14H28N2O2. The third kappa shape index (κ3) is 5.71. The van der Waals surface area contributed by atoms with Crippen LogP contribution < -0.4 is 10.6 Å². The van der Waals surface area contributed by atoms with Crippen molar-refractivity contribution in [1.82, 2.24) is 10.6 Å². The predicted octanol–water partition coefficient (Wildman–Crippen LogP) is 2.27. The summed E-state index contributed by atoms with van der Waals surface area (Å²) in [6.45, 7) is 8.47. The van der Waals surface area contributed by atoms with E-state index < -0.39 is 0 Å². The molecule has 0 aromatic rings. The maximum Gasteiger partial charge on any atom is 0.315 e. The van der Waals surface area contributed by atoms with Gasteiger partial charge in [0.2, 0.25) is 0 Å². The Morgan fingerprint density at radius 3 is 2.61 bits per heavy atom. The van der Waals surface area contributed by atoms with Crippen molar-refractivity contribution in [3.63, 3.8) is 0 Å². The first kappa shape index (κ1) is 15.3. The van der Waals surface area contributed by atoms with Crippen LogP contribution in [0.25, 0.3) is 0 Å². The van der Waals surface area contributed by atoms with E-state index in [0.29, 0.717) is 12.0 Å². The average Bonchev–Trinajstić information content (AvgIpc) is 2.93. The van der Waals surface area contributed by atoms with Gasteiger partial charge in [0, 0.05) is 6.04 Å². The van der Waals surface area contributed by atoms with Gasteiger partial charge in [-0.25, -0.2) is 4.79 Å². The van der Waals surface area contributed by atoms with E-state index in [1.807, 2.05) is 0 Å². The van der Waals surface area contributed by atoms with Gasteiger partial charge < -0.3 is 15.7 Å². The molecule has 0 bridgehead atoms. The number of nitrogens with one attached hydrogen (secondary N) is 2. The molecule has 1 aliphatic carbocycles. The van der Waals surface area contributed by atoms with Gasteiger partial charge in [-0.1, -0.05) is 34.1 Å². The van der Waals surface area contributed by atoms with Crippen LogP contribution in [0.3, 0.4) is 0 Å². The molecule has 1 saturated carbocycles. The fraction of sp³-hybridized carbons (Fsp3) is 0.929. The zero-order chi connectivity index (χ0) is 13.8. The van der Waals surface area contributed by atoms with Crippen molar-refractivity contribution in [2.75, 3.05) is 6.61 Å². The summed E-state index contributed by atoms with van der Waals surface area (Å²) in [7, 11) is 0. The molecular weight excluding hydrogens is 228 g/mol. The van der Waals surface area contributed by atoms with E-state index in [1.54, 1.807) is 0 Å². The Morgan fingerprint density at radius 2 is 2.11 bits per heavy atom. The van der Waals surface area contributed by atoms with E-state index in [4.69, 9.17) is 0 Å². The van der Waals surface area contributed by atoms with Crippen LogP contribution in [0.1, 0.15) is 53.4 Å². The summed E-state index contributed by atoms with van der Waals surface area (Å²) in [4.78, 5) is 11.8. The second-order valence-electron chi connectivity index (χ2n) is 6.65. The highest BCUT2D eigenvalue weighted by Crippen LogP contribution is 2.34. The van der Waals surface area contributed by atoms with Crippen LogP contribution in [-0.4, -0.2) is 29.8 Å². The molecule has 0 saturated heterocycles. The Hall–Kier alpha value is -0.770. The highest BCUT2D eigenvalue weighted by Gasteiger charge is 2.37. The van der Waals surface area contributed by atoms with Gasteiger partial charge in [0.1, 0.15) is 0 Å². The molecule has 1 aliphatic rings. The highest BCUT2D eigenvalue weighted by atomic mass is 16.3. The fourth-order valence-electron chi connectivity index (χ4n) is 2.41. The molecule has 4 heteroatoms. The first-order chi connectivity index (χ1) is 8.35. The number of urea groups is 1. The third-order valence-corrected chi connectivity index (χ3v) is 3.31. The summed E-state index contributed by atoms with van der Waals surface area (Å²) in [5.41, 5.74) is 0.102. The van der Waals surface area contributed by atoms with Crippen molar-refractivity contribution >= 4 is 6.03 Å². The van der Waals surface area contributed by atoms with Gasteiger partial charge in [-0.2, -0.15) is 0 Å². The molecule has 0 aromatic carbocycles. The number of carbonyl (C=O) groups is 1. The van der Waals surface area contributed by atoms with Gasteiger partial charge in [0.15, 0.2) is 0 Å². The maximum atomic E-state index is 11.8. The smallest absolute Gasteiger partial charge is 0.315 e. The lowest BCUT2D eigenvalue weighted by atomic mass is 9.88. The molecule has 3 unspecified atom stereocenters. The molecule has 0 heterocycles. The number of hydrogen-bond donors (Lipinski definition) is 3. The van der Waals surface area contributed by atoms with Gasteiger partial charge in [-0.3, -0.25) is 0 Å². The van der Waals surface area contributed by atoms with E-state index in [0.717, 1.165) is 12.8 Å². The van der Waals surface area contributed by atoms with E-state index in [9.17, 15) is 9.90 Å². The molecule has 2 amide bonds. The Balaban J connectivity index is 2.26. The van der Waals surface area contributed by atoms with Gasteiger partial charge in [0.05, 0.1) is 12.6 Å². The number of rotatable bonds is 6. The Kier molecular flexibility index (Phi) is 5.45. The number of hydrogen-bond acceptors (Lipinski definition) is 2. The van der Waals surface area contributed by atoms with Crippen molar-refractivity contribution in [2.45, 2.75) is 65.5 Å². The molecule has 18 heavy (non-hydrogen) atoms. The number of aliphatic hydroxyl groups is 1. The molecule has 0 radical (unpaired) electrons. The Labute approximate surface area is 111 Å². The van der Waals surface area contributed by atoms with Crippen LogP contribution in [0.2, 0.25) is 0 Å². The number of amides is 2. The summed E-state index contributed by atoms with van der Waals surface area (Å²) in [5, 5.41) is 15.1. The lowest BCUT2D eigenvalue weighted by Crippen LogP contribution is -2.46. The van der Waals surface area contributed by atoms with Crippen molar-refractivity contribution in [2.24, 2.45) is 11.3 Å². The first-order valence-electron chi connectivity index (χ1n) is 7.03. The predicted molar refractivity (Wildman–Crippen MR) is 73.4 cm³/mol. The quantitative estimate of drug-likeness (QED) is 0.682. The minimum Gasteiger partial charge on any atom is -0.394 e. The highest BCUT2D eigenvalue weighted by molar-refractivity contribution is 5.75.